The second-order valence-electron chi connectivity index (χ2n) is 3.11. The van der Waals surface area contributed by atoms with Gasteiger partial charge in [0.2, 0.25) is 0 Å². The third-order valence-corrected chi connectivity index (χ3v) is 5.21. The molecule has 0 radical (unpaired) electrons. The van der Waals surface area contributed by atoms with Crippen LogP contribution in [0.25, 0.3) is 0 Å². The quantitative estimate of drug-likeness (QED) is 0.447. The monoisotopic (exact) mass is 302 g/mol. The van der Waals surface area contributed by atoms with E-state index in [-0.39, 0.29) is 0 Å². The Labute approximate surface area is 93.7 Å². The Kier molecular flexibility index (Phi) is 3.26. The van der Waals surface area contributed by atoms with Crippen LogP contribution in [0, 0.1) is 0 Å². The fourth-order valence-corrected chi connectivity index (χ4v) is 4.91. The number of hydrogen-bond acceptors (Lipinski definition) is 0. The Morgan fingerprint density at radius 2 is 1.92 bits per heavy atom. The molecule has 0 nitrogen and oxygen atoms in total. The van der Waals surface area contributed by atoms with Crippen molar-refractivity contribution in [3.05, 3.63) is 42.5 Å². The van der Waals surface area contributed by atoms with Crippen LogP contribution in [-0.2, 0) is 0 Å². The Morgan fingerprint density at radius 1 is 1.15 bits per heavy atom. The van der Waals surface area contributed by atoms with Crippen LogP contribution in [0.5, 0.6) is 0 Å². The van der Waals surface area contributed by atoms with Crippen molar-refractivity contribution < 1.29 is 0 Å². The van der Waals surface area contributed by atoms with Crippen LogP contribution in [0.15, 0.2) is 42.5 Å². The molecule has 13 heavy (non-hydrogen) atoms. The second-order valence-corrected chi connectivity index (χ2v) is 7.04. The van der Waals surface area contributed by atoms with Gasteiger partial charge in [-0.05, 0) is 0 Å². The molecule has 1 aromatic carbocycles. The van der Waals surface area contributed by atoms with Crippen molar-refractivity contribution in [2.24, 2.45) is 0 Å². The summed E-state index contributed by atoms with van der Waals surface area (Å²) in [4.78, 5) is 1.40. The zero-order valence-electron chi connectivity index (χ0n) is 7.19. The van der Waals surface area contributed by atoms with Gasteiger partial charge in [-0.3, -0.25) is 0 Å². The first-order chi connectivity index (χ1) is 6.34. The fraction of sp³-hybridized carbons (Fsp3) is 0.273. The van der Waals surface area contributed by atoms with Crippen molar-refractivity contribution >= 4 is 35.3 Å². The summed E-state index contributed by atoms with van der Waals surface area (Å²) in [5.41, 5.74) is 0. The molecule has 0 unspecified atom stereocenters. The summed E-state index contributed by atoms with van der Waals surface area (Å²) in [5, 5.41) is 0. The predicted molar refractivity (Wildman–Crippen MR) is 62.1 cm³/mol. The van der Waals surface area contributed by atoms with Gasteiger partial charge in [0.15, 0.2) is 0 Å². The van der Waals surface area contributed by atoms with Crippen LogP contribution < -0.4 is 4.46 Å². The van der Waals surface area contributed by atoms with Crippen molar-refractivity contribution in [2.75, 3.05) is 0 Å². The van der Waals surface area contributed by atoms with Crippen molar-refractivity contribution in [2.45, 2.75) is 16.1 Å². The molecule has 68 valence electrons. The second kappa shape index (κ2) is 4.45. The maximum absolute atomic E-state index is 3.62. The molecule has 2 rings (SSSR count). The van der Waals surface area contributed by atoms with E-state index in [9.17, 15) is 0 Å². The van der Waals surface area contributed by atoms with Crippen molar-refractivity contribution in [1.29, 1.82) is 0 Å². The number of allylic oxidation sites excluding steroid dienone is 2. The van der Waals surface area contributed by atoms with E-state index in [1.807, 2.05) is 0 Å². The van der Waals surface area contributed by atoms with Gasteiger partial charge < -0.3 is 0 Å². The molecule has 0 aliphatic heterocycles. The van der Waals surface area contributed by atoms with Crippen LogP contribution in [-0.4, -0.2) is 19.8 Å². The van der Waals surface area contributed by atoms with E-state index in [2.05, 4.69) is 58.4 Å². The zero-order chi connectivity index (χ0) is 9.10. The van der Waals surface area contributed by atoms with Crippen LogP contribution in [0.4, 0.5) is 0 Å². The topological polar surface area (TPSA) is 0 Å². The third kappa shape index (κ3) is 2.70. The summed E-state index contributed by atoms with van der Waals surface area (Å²) in [5.74, 6) is 0. The first kappa shape index (κ1) is 9.51. The molecule has 0 heterocycles. The van der Waals surface area contributed by atoms with Crippen molar-refractivity contribution in [1.82, 2.24) is 0 Å². The summed E-state index contributed by atoms with van der Waals surface area (Å²) < 4.78 is 1.51. The molecular weight excluding hydrogens is 291 g/mol. The van der Waals surface area contributed by atoms with Gasteiger partial charge in [-0.2, -0.15) is 0 Å². The standard InChI is InChI=1S/C11H11BrSe/c12-9-6-7-11(8-9)13-10-4-2-1-3-5-10/h1-7,9,11H,8H2/t9-,11+/m0/s1. The average Bonchev–Trinajstić information content (AvgIpc) is 2.53. The van der Waals surface area contributed by atoms with E-state index in [1.54, 1.807) is 0 Å². The van der Waals surface area contributed by atoms with Gasteiger partial charge in [0.25, 0.3) is 0 Å². The molecule has 0 N–H and O–H groups in total. The molecule has 1 aliphatic rings. The summed E-state index contributed by atoms with van der Waals surface area (Å²) in [6.07, 6.45) is 5.90. The number of hydrogen-bond donors (Lipinski definition) is 0. The van der Waals surface area contributed by atoms with E-state index in [0.29, 0.717) is 19.8 Å². The van der Waals surface area contributed by atoms with E-state index in [4.69, 9.17) is 0 Å². The number of rotatable bonds is 2. The van der Waals surface area contributed by atoms with Crippen LogP contribution in [0.1, 0.15) is 6.42 Å². The summed E-state index contributed by atoms with van der Waals surface area (Å²) in [7, 11) is 0. The molecular formula is C11H11BrSe. The van der Waals surface area contributed by atoms with Gasteiger partial charge in [0, 0.05) is 0 Å². The van der Waals surface area contributed by atoms with Gasteiger partial charge in [0.1, 0.15) is 0 Å². The summed E-state index contributed by atoms with van der Waals surface area (Å²) in [6, 6.07) is 10.8. The Morgan fingerprint density at radius 3 is 2.54 bits per heavy atom. The van der Waals surface area contributed by atoms with Crippen LogP contribution in [0.2, 0.25) is 4.82 Å². The normalized spacial score (nSPS) is 26.5. The molecule has 0 bridgehead atoms. The average molecular weight is 302 g/mol. The van der Waals surface area contributed by atoms with Gasteiger partial charge >= 0.3 is 93.9 Å². The molecule has 1 aromatic rings. The number of benzene rings is 1. The minimum atomic E-state index is 0.611. The molecule has 1 aliphatic carbocycles. The minimum absolute atomic E-state index is 0.611. The van der Waals surface area contributed by atoms with E-state index >= 15 is 0 Å². The van der Waals surface area contributed by atoms with Crippen LogP contribution >= 0.6 is 15.9 Å². The zero-order valence-corrected chi connectivity index (χ0v) is 10.5. The molecule has 0 saturated heterocycles. The van der Waals surface area contributed by atoms with Crippen molar-refractivity contribution in [3.8, 4) is 0 Å². The predicted octanol–water partition coefficient (Wildman–Crippen LogP) is 2.53. The SMILES string of the molecule is Br[C@H]1C=C[C@@H]([Se]c2ccccc2)C1. The number of halogens is 1. The van der Waals surface area contributed by atoms with Gasteiger partial charge in [-0.1, -0.05) is 0 Å². The van der Waals surface area contributed by atoms with Crippen molar-refractivity contribution in [3.63, 3.8) is 0 Å². The molecule has 0 amide bonds. The molecule has 0 aromatic heterocycles. The molecule has 2 heteroatoms. The Hall–Kier alpha value is -0.0405. The molecule has 0 spiro atoms. The maximum atomic E-state index is 3.62. The molecule has 2 atom stereocenters. The van der Waals surface area contributed by atoms with E-state index in [1.165, 1.54) is 10.9 Å². The van der Waals surface area contributed by atoms with E-state index in [0.717, 1.165) is 4.82 Å². The first-order valence-corrected chi connectivity index (χ1v) is 7.15. The van der Waals surface area contributed by atoms with E-state index < -0.39 is 0 Å². The molecule has 0 saturated carbocycles. The fourth-order valence-electron chi connectivity index (χ4n) is 1.38. The van der Waals surface area contributed by atoms with Gasteiger partial charge in [-0.25, -0.2) is 0 Å². The van der Waals surface area contributed by atoms with Gasteiger partial charge in [0.05, 0.1) is 0 Å². The van der Waals surface area contributed by atoms with Crippen LogP contribution in [0.3, 0.4) is 0 Å². The Balaban J connectivity index is 1.96. The first-order valence-electron chi connectivity index (χ1n) is 4.39. The molecule has 0 fully saturated rings. The number of alkyl halides is 1. The summed E-state index contributed by atoms with van der Waals surface area (Å²) in [6.45, 7) is 0. The summed E-state index contributed by atoms with van der Waals surface area (Å²) >= 11 is 4.23. The third-order valence-electron chi connectivity index (χ3n) is 2.02. The van der Waals surface area contributed by atoms with Gasteiger partial charge in [-0.15, -0.1) is 0 Å². The Bertz CT molecular complexity index is 294.